The van der Waals surface area contributed by atoms with Crippen molar-refractivity contribution in [3.8, 4) is 0 Å². The smallest absolute Gasteiger partial charge is 0.286 e. The van der Waals surface area contributed by atoms with Gasteiger partial charge in [-0.1, -0.05) is 29.0 Å². The van der Waals surface area contributed by atoms with Gasteiger partial charge in [-0.25, -0.2) is 0 Å². The van der Waals surface area contributed by atoms with Crippen LogP contribution in [0, 0.1) is 0 Å². The van der Waals surface area contributed by atoms with E-state index < -0.39 is 5.91 Å². The lowest BCUT2D eigenvalue weighted by atomic mass is 10.2. The molecule has 0 aliphatic carbocycles. The molecule has 1 fully saturated rings. The third kappa shape index (κ3) is 5.47. The molecule has 0 bridgehead atoms. The molecule has 1 unspecified atom stereocenters. The van der Waals surface area contributed by atoms with Crippen LogP contribution in [0.15, 0.2) is 24.3 Å². The molecule has 144 valence electrons. The molecule has 1 aromatic heterocycles. The number of hydrogen-bond acceptors (Lipinski definition) is 6. The fourth-order valence-corrected chi connectivity index (χ4v) is 3.84. The number of amides is 2. The van der Waals surface area contributed by atoms with Crippen LogP contribution in [0.25, 0.3) is 0 Å². The maximum atomic E-state index is 12.2. The van der Waals surface area contributed by atoms with Gasteiger partial charge in [0.15, 0.2) is 0 Å². The minimum absolute atomic E-state index is 0.130. The minimum atomic E-state index is -0.420. The van der Waals surface area contributed by atoms with Gasteiger partial charge in [-0.15, -0.1) is 10.2 Å². The van der Waals surface area contributed by atoms with Crippen LogP contribution < -0.4 is 10.6 Å². The van der Waals surface area contributed by atoms with Gasteiger partial charge in [0, 0.05) is 23.3 Å². The number of nitrogens with one attached hydrogen (secondary N) is 2. The van der Waals surface area contributed by atoms with Crippen molar-refractivity contribution in [1.29, 1.82) is 0 Å². The monoisotopic (exact) mass is 407 g/mol. The minimum Gasteiger partial charge on any atom is -0.350 e. The number of likely N-dealkylation sites (tertiary alicyclic amines) is 1. The molecule has 1 aromatic carbocycles. The maximum absolute atomic E-state index is 12.2. The van der Waals surface area contributed by atoms with E-state index in [0.717, 1.165) is 30.8 Å². The van der Waals surface area contributed by atoms with Gasteiger partial charge in [0.05, 0.1) is 0 Å². The van der Waals surface area contributed by atoms with Crippen LogP contribution in [0.1, 0.15) is 45.8 Å². The number of halogens is 1. The van der Waals surface area contributed by atoms with Gasteiger partial charge in [-0.3, -0.25) is 9.59 Å². The number of rotatable bonds is 7. The lowest BCUT2D eigenvalue weighted by Gasteiger charge is -2.23. The number of nitrogens with zero attached hydrogens (tertiary/aromatic N) is 3. The van der Waals surface area contributed by atoms with Crippen molar-refractivity contribution >= 4 is 40.4 Å². The summed E-state index contributed by atoms with van der Waals surface area (Å²) in [5, 5.41) is 14.0. The molecule has 1 aliphatic rings. The van der Waals surface area contributed by atoms with Gasteiger partial charge in [0.2, 0.25) is 10.0 Å². The third-order valence-corrected chi connectivity index (χ3v) is 5.66. The average Bonchev–Trinajstić information content (AvgIpc) is 3.33. The molecular formula is C18H22ClN5O2S. The predicted octanol–water partition coefficient (Wildman–Crippen LogP) is 3.05. The summed E-state index contributed by atoms with van der Waals surface area (Å²) in [6.45, 7) is 5.02. The van der Waals surface area contributed by atoms with Crippen molar-refractivity contribution < 1.29 is 9.59 Å². The first kappa shape index (κ1) is 19.7. The summed E-state index contributed by atoms with van der Waals surface area (Å²) >= 11 is 6.87. The fraction of sp³-hybridized carbons (Fsp3) is 0.444. The maximum Gasteiger partial charge on any atom is 0.286 e. The Kier molecular flexibility index (Phi) is 6.76. The van der Waals surface area contributed by atoms with Gasteiger partial charge in [-0.05, 0) is 57.5 Å². The topological polar surface area (TPSA) is 87.2 Å². The summed E-state index contributed by atoms with van der Waals surface area (Å²) in [5.41, 5.74) is 0.560. The summed E-state index contributed by atoms with van der Waals surface area (Å²) in [5.74, 6) is -0.723. The molecule has 2 aromatic rings. The van der Waals surface area contributed by atoms with Crippen LogP contribution in [0.5, 0.6) is 0 Å². The van der Waals surface area contributed by atoms with Crippen LogP contribution >= 0.6 is 22.9 Å². The van der Waals surface area contributed by atoms with Gasteiger partial charge < -0.3 is 15.5 Å². The Bertz CT molecular complexity index is 807. The number of aromatic nitrogens is 2. The SMILES string of the molecule is CC(CCNC(=O)c1nnc(C(=O)Nc2cccc(Cl)c2)s1)N1CCCC1. The van der Waals surface area contributed by atoms with Gasteiger partial charge >= 0.3 is 0 Å². The number of benzene rings is 1. The van der Waals surface area contributed by atoms with Crippen molar-refractivity contribution in [2.45, 2.75) is 32.2 Å². The zero-order valence-corrected chi connectivity index (χ0v) is 16.6. The molecule has 2 amide bonds. The largest absolute Gasteiger partial charge is 0.350 e. The molecule has 1 atom stereocenters. The van der Waals surface area contributed by atoms with Crippen molar-refractivity contribution in [3.63, 3.8) is 0 Å². The summed E-state index contributed by atoms with van der Waals surface area (Å²) in [4.78, 5) is 26.9. The van der Waals surface area contributed by atoms with Crippen molar-refractivity contribution in [1.82, 2.24) is 20.4 Å². The van der Waals surface area contributed by atoms with E-state index in [0.29, 0.717) is 23.3 Å². The van der Waals surface area contributed by atoms with Gasteiger partial charge in [-0.2, -0.15) is 0 Å². The molecule has 9 heteroatoms. The summed E-state index contributed by atoms with van der Waals surface area (Å²) in [7, 11) is 0. The molecular weight excluding hydrogens is 386 g/mol. The molecule has 2 N–H and O–H groups in total. The quantitative estimate of drug-likeness (QED) is 0.736. The number of carbonyl (C=O) groups is 2. The molecule has 1 saturated heterocycles. The molecule has 0 radical (unpaired) electrons. The first-order valence-electron chi connectivity index (χ1n) is 8.95. The zero-order valence-electron chi connectivity index (χ0n) is 15.1. The predicted molar refractivity (Wildman–Crippen MR) is 107 cm³/mol. The Labute approximate surface area is 167 Å². The van der Waals surface area contributed by atoms with Gasteiger partial charge in [0.1, 0.15) is 0 Å². The molecule has 3 rings (SSSR count). The van der Waals surface area contributed by atoms with E-state index >= 15 is 0 Å². The Hall–Kier alpha value is -2.03. The van der Waals surface area contributed by atoms with Crippen LogP contribution in [0.4, 0.5) is 5.69 Å². The molecule has 2 heterocycles. The van der Waals surface area contributed by atoms with Crippen LogP contribution in [-0.2, 0) is 0 Å². The Morgan fingerprint density at radius 3 is 2.63 bits per heavy atom. The number of carbonyl (C=O) groups excluding carboxylic acids is 2. The van der Waals surface area contributed by atoms with E-state index in [1.54, 1.807) is 24.3 Å². The molecule has 0 saturated carbocycles. The van der Waals surface area contributed by atoms with Crippen LogP contribution in [-0.4, -0.2) is 52.6 Å². The third-order valence-electron chi connectivity index (χ3n) is 4.51. The van der Waals surface area contributed by atoms with E-state index in [-0.39, 0.29) is 15.9 Å². The van der Waals surface area contributed by atoms with Crippen LogP contribution in [0.2, 0.25) is 5.02 Å². The van der Waals surface area contributed by atoms with E-state index in [2.05, 4.69) is 32.7 Å². The molecule has 1 aliphatic heterocycles. The second-order valence-electron chi connectivity index (χ2n) is 6.51. The summed E-state index contributed by atoms with van der Waals surface area (Å²) in [6.07, 6.45) is 3.38. The second kappa shape index (κ2) is 9.25. The van der Waals surface area contributed by atoms with E-state index in [1.165, 1.54) is 12.8 Å². The lowest BCUT2D eigenvalue weighted by molar-refractivity contribution is 0.0947. The first-order chi connectivity index (χ1) is 13.0. The van der Waals surface area contributed by atoms with Crippen molar-refractivity contribution in [2.75, 3.05) is 25.0 Å². The average molecular weight is 408 g/mol. The normalized spacial score (nSPS) is 15.5. The number of anilines is 1. The standard InChI is InChI=1S/C18H22ClN5O2S/c1-12(24-9-2-3-10-24)7-8-20-15(25)17-22-23-18(27-17)16(26)21-14-6-4-5-13(19)11-14/h4-6,11-12H,2-3,7-10H2,1H3,(H,20,25)(H,21,26). The highest BCUT2D eigenvalue weighted by Gasteiger charge is 2.20. The van der Waals surface area contributed by atoms with E-state index in [9.17, 15) is 9.59 Å². The highest BCUT2D eigenvalue weighted by Crippen LogP contribution is 2.17. The Morgan fingerprint density at radius 2 is 1.93 bits per heavy atom. The second-order valence-corrected chi connectivity index (χ2v) is 7.93. The van der Waals surface area contributed by atoms with Crippen molar-refractivity contribution in [3.05, 3.63) is 39.3 Å². The summed E-state index contributed by atoms with van der Waals surface area (Å²) in [6, 6.07) is 7.26. The van der Waals surface area contributed by atoms with Crippen molar-refractivity contribution in [2.24, 2.45) is 0 Å². The number of hydrogen-bond donors (Lipinski definition) is 2. The first-order valence-corrected chi connectivity index (χ1v) is 10.1. The highest BCUT2D eigenvalue weighted by molar-refractivity contribution is 7.15. The van der Waals surface area contributed by atoms with Gasteiger partial charge in [0.25, 0.3) is 11.8 Å². The fourth-order valence-electron chi connectivity index (χ4n) is 2.99. The van der Waals surface area contributed by atoms with E-state index in [1.807, 2.05) is 0 Å². The van der Waals surface area contributed by atoms with Crippen LogP contribution in [0.3, 0.4) is 0 Å². The lowest BCUT2D eigenvalue weighted by Crippen LogP contribution is -2.34. The Balaban J connectivity index is 1.48. The molecule has 0 spiro atoms. The highest BCUT2D eigenvalue weighted by atomic mass is 35.5. The van der Waals surface area contributed by atoms with E-state index in [4.69, 9.17) is 11.6 Å². The summed E-state index contributed by atoms with van der Waals surface area (Å²) < 4.78 is 0. The Morgan fingerprint density at radius 1 is 1.22 bits per heavy atom. The molecule has 7 nitrogen and oxygen atoms in total. The zero-order chi connectivity index (χ0) is 19.2. The molecule has 27 heavy (non-hydrogen) atoms.